The van der Waals surface area contributed by atoms with Gasteiger partial charge in [-0.2, -0.15) is 5.10 Å². The average molecular weight is 344 g/mol. The number of carbonyl (C=O) groups is 2. The van der Waals surface area contributed by atoms with Crippen LogP contribution < -0.4 is 10.9 Å². The largest absolute Gasteiger partial charge is 0.479 e. The molecule has 1 atom stereocenters. The fourth-order valence-electron chi connectivity index (χ4n) is 2.60. The van der Waals surface area contributed by atoms with E-state index in [9.17, 15) is 19.5 Å². The SMILES string of the molecule is COCC(C)(NC(=O)c1cnn2c1[nH]c(=O)c1ccccc12)C(=O)O. The van der Waals surface area contributed by atoms with E-state index in [4.69, 9.17) is 4.74 Å². The van der Waals surface area contributed by atoms with Gasteiger partial charge in [-0.3, -0.25) is 9.59 Å². The molecule has 1 aromatic carbocycles. The third kappa shape index (κ3) is 2.74. The summed E-state index contributed by atoms with van der Waals surface area (Å²) in [6, 6.07) is 6.83. The van der Waals surface area contributed by atoms with Crippen molar-refractivity contribution in [3.63, 3.8) is 0 Å². The molecule has 0 saturated heterocycles. The van der Waals surface area contributed by atoms with Crippen LogP contribution in [0, 0.1) is 0 Å². The molecule has 0 aliphatic carbocycles. The minimum absolute atomic E-state index is 0.0615. The van der Waals surface area contributed by atoms with Gasteiger partial charge in [0.1, 0.15) is 11.2 Å². The van der Waals surface area contributed by atoms with Gasteiger partial charge in [0.2, 0.25) is 0 Å². The van der Waals surface area contributed by atoms with Crippen LogP contribution in [0.15, 0.2) is 35.3 Å². The maximum Gasteiger partial charge on any atom is 0.331 e. The van der Waals surface area contributed by atoms with E-state index < -0.39 is 17.4 Å². The van der Waals surface area contributed by atoms with E-state index in [1.165, 1.54) is 24.7 Å². The topological polar surface area (TPSA) is 126 Å². The lowest BCUT2D eigenvalue weighted by atomic mass is 10.0. The van der Waals surface area contributed by atoms with Gasteiger partial charge < -0.3 is 20.1 Å². The number of para-hydroxylation sites is 1. The number of aromatic amines is 1. The smallest absolute Gasteiger partial charge is 0.331 e. The molecule has 9 nitrogen and oxygen atoms in total. The second-order valence-electron chi connectivity index (χ2n) is 5.81. The zero-order valence-electron chi connectivity index (χ0n) is 13.6. The second kappa shape index (κ2) is 6.02. The fraction of sp³-hybridized carbons (Fsp3) is 0.250. The van der Waals surface area contributed by atoms with Crippen LogP contribution in [-0.2, 0) is 9.53 Å². The molecule has 130 valence electrons. The summed E-state index contributed by atoms with van der Waals surface area (Å²) in [7, 11) is 1.34. The average Bonchev–Trinajstić information content (AvgIpc) is 2.99. The maximum atomic E-state index is 12.6. The van der Waals surface area contributed by atoms with Crippen LogP contribution in [0.2, 0.25) is 0 Å². The van der Waals surface area contributed by atoms with Gasteiger partial charge in [0.15, 0.2) is 5.54 Å². The number of carboxylic acid groups (broad SMARTS) is 1. The molecule has 1 amide bonds. The first kappa shape index (κ1) is 16.7. The van der Waals surface area contributed by atoms with E-state index in [2.05, 4.69) is 15.4 Å². The Kier molecular flexibility index (Phi) is 4.01. The van der Waals surface area contributed by atoms with Gasteiger partial charge in [0.05, 0.1) is 23.7 Å². The van der Waals surface area contributed by atoms with Gasteiger partial charge in [-0.1, -0.05) is 12.1 Å². The van der Waals surface area contributed by atoms with E-state index >= 15 is 0 Å². The number of aromatic nitrogens is 3. The molecule has 0 aliphatic rings. The Hall–Kier alpha value is -3.20. The third-order valence-corrected chi connectivity index (χ3v) is 3.92. The summed E-state index contributed by atoms with van der Waals surface area (Å²) < 4.78 is 6.31. The summed E-state index contributed by atoms with van der Waals surface area (Å²) in [5.74, 6) is -1.92. The molecule has 25 heavy (non-hydrogen) atoms. The quantitative estimate of drug-likeness (QED) is 0.615. The minimum Gasteiger partial charge on any atom is -0.479 e. The summed E-state index contributed by atoms with van der Waals surface area (Å²) >= 11 is 0. The Morgan fingerprint density at radius 2 is 2.12 bits per heavy atom. The summed E-state index contributed by atoms with van der Waals surface area (Å²) in [5.41, 5.74) is -1.19. The Bertz CT molecular complexity index is 1040. The van der Waals surface area contributed by atoms with Crippen molar-refractivity contribution in [2.75, 3.05) is 13.7 Å². The Labute approximate surface area is 141 Å². The first-order valence-electron chi connectivity index (χ1n) is 7.41. The van der Waals surface area contributed by atoms with Gasteiger partial charge in [-0.25, -0.2) is 9.31 Å². The number of H-pyrrole nitrogens is 1. The number of carboxylic acids is 1. The maximum absolute atomic E-state index is 12.6. The number of methoxy groups -OCH3 is 1. The predicted octanol–water partition coefficient (Wildman–Crippen LogP) is 0.395. The molecule has 9 heteroatoms. The van der Waals surface area contributed by atoms with Gasteiger partial charge in [-0.15, -0.1) is 0 Å². The molecule has 3 rings (SSSR count). The highest BCUT2D eigenvalue weighted by molar-refractivity contribution is 6.02. The van der Waals surface area contributed by atoms with E-state index in [1.807, 2.05) is 0 Å². The first-order valence-corrected chi connectivity index (χ1v) is 7.41. The molecule has 0 saturated carbocycles. The van der Waals surface area contributed by atoms with Gasteiger partial charge in [0, 0.05) is 7.11 Å². The van der Waals surface area contributed by atoms with E-state index in [-0.39, 0.29) is 23.4 Å². The van der Waals surface area contributed by atoms with Crippen LogP contribution in [-0.4, -0.2) is 50.8 Å². The van der Waals surface area contributed by atoms with Crippen LogP contribution >= 0.6 is 0 Å². The van der Waals surface area contributed by atoms with Crippen molar-refractivity contribution in [3.05, 3.63) is 46.4 Å². The highest BCUT2D eigenvalue weighted by atomic mass is 16.5. The molecule has 0 spiro atoms. The predicted molar refractivity (Wildman–Crippen MR) is 88.7 cm³/mol. The number of hydrogen-bond donors (Lipinski definition) is 3. The van der Waals surface area contributed by atoms with Gasteiger partial charge >= 0.3 is 5.97 Å². The number of benzene rings is 1. The lowest BCUT2D eigenvalue weighted by molar-refractivity contribution is -0.145. The van der Waals surface area contributed by atoms with Crippen LogP contribution in [0.25, 0.3) is 16.6 Å². The van der Waals surface area contributed by atoms with Crippen LogP contribution in [0.4, 0.5) is 0 Å². The molecular weight excluding hydrogens is 328 g/mol. The van der Waals surface area contributed by atoms with E-state index in [0.717, 1.165) is 0 Å². The standard InChI is InChI=1S/C16H16N4O5/c1-16(8-25-2,15(23)24)19-14(22)10-7-17-20-11-6-4-3-5-9(11)13(21)18-12(10)20/h3-7H,8H2,1-2H3,(H,18,21)(H,19,22)(H,23,24). The highest BCUT2D eigenvalue weighted by Crippen LogP contribution is 2.15. The van der Waals surface area contributed by atoms with Crippen LogP contribution in [0.3, 0.4) is 0 Å². The fourth-order valence-corrected chi connectivity index (χ4v) is 2.60. The number of aliphatic carboxylic acids is 1. The number of nitrogens with one attached hydrogen (secondary N) is 2. The zero-order valence-corrected chi connectivity index (χ0v) is 13.6. The molecule has 0 fully saturated rings. The number of carbonyl (C=O) groups excluding carboxylic acids is 1. The molecule has 2 heterocycles. The number of ether oxygens (including phenoxy) is 1. The van der Waals surface area contributed by atoms with Gasteiger partial charge in [0.25, 0.3) is 11.5 Å². The van der Waals surface area contributed by atoms with Crippen molar-refractivity contribution < 1.29 is 19.4 Å². The number of fused-ring (bicyclic) bond motifs is 3. The third-order valence-electron chi connectivity index (χ3n) is 3.92. The van der Waals surface area contributed by atoms with Crippen molar-refractivity contribution in [2.45, 2.75) is 12.5 Å². The molecular formula is C16H16N4O5. The molecule has 0 bridgehead atoms. The van der Waals surface area contributed by atoms with Crippen molar-refractivity contribution in [1.29, 1.82) is 0 Å². The molecule has 3 aromatic rings. The van der Waals surface area contributed by atoms with E-state index in [0.29, 0.717) is 10.9 Å². The van der Waals surface area contributed by atoms with Crippen LogP contribution in [0.5, 0.6) is 0 Å². The summed E-state index contributed by atoms with van der Waals surface area (Å²) in [6.07, 6.45) is 1.28. The van der Waals surface area contributed by atoms with Crippen molar-refractivity contribution in [3.8, 4) is 0 Å². The summed E-state index contributed by atoms with van der Waals surface area (Å²) in [4.78, 5) is 38.8. The van der Waals surface area contributed by atoms with Crippen LogP contribution in [0.1, 0.15) is 17.3 Å². The normalized spacial score (nSPS) is 13.7. The molecule has 0 aliphatic heterocycles. The number of amides is 1. The Morgan fingerprint density at radius 3 is 2.80 bits per heavy atom. The lowest BCUT2D eigenvalue weighted by Gasteiger charge is -2.24. The monoisotopic (exact) mass is 344 g/mol. The summed E-state index contributed by atoms with van der Waals surface area (Å²) in [6.45, 7) is 1.12. The number of rotatable bonds is 5. The zero-order chi connectivity index (χ0) is 18.2. The molecule has 3 N–H and O–H groups in total. The van der Waals surface area contributed by atoms with Gasteiger partial charge in [-0.05, 0) is 19.1 Å². The Morgan fingerprint density at radius 1 is 1.40 bits per heavy atom. The molecule has 2 aromatic heterocycles. The lowest BCUT2D eigenvalue weighted by Crippen LogP contribution is -2.55. The van der Waals surface area contributed by atoms with Crippen molar-refractivity contribution >= 4 is 28.4 Å². The first-order chi connectivity index (χ1) is 11.9. The molecule has 0 radical (unpaired) electrons. The molecule has 1 unspecified atom stereocenters. The summed E-state index contributed by atoms with van der Waals surface area (Å²) in [5, 5.41) is 16.3. The minimum atomic E-state index is -1.61. The van der Waals surface area contributed by atoms with Crippen molar-refractivity contribution in [1.82, 2.24) is 19.9 Å². The number of hydrogen-bond acceptors (Lipinski definition) is 5. The Balaban J connectivity index is 2.09. The second-order valence-corrected chi connectivity index (χ2v) is 5.81. The number of nitrogens with zero attached hydrogens (tertiary/aromatic N) is 2. The van der Waals surface area contributed by atoms with E-state index in [1.54, 1.807) is 24.3 Å². The van der Waals surface area contributed by atoms with Crippen molar-refractivity contribution in [2.24, 2.45) is 0 Å². The highest BCUT2D eigenvalue weighted by Gasteiger charge is 2.36.